The molecule has 0 atom stereocenters. The van der Waals surface area contributed by atoms with E-state index < -0.39 is 0 Å². The van der Waals surface area contributed by atoms with E-state index in [4.69, 9.17) is 0 Å². The van der Waals surface area contributed by atoms with E-state index in [0.717, 1.165) is 0 Å². The summed E-state index contributed by atoms with van der Waals surface area (Å²) < 4.78 is 0. The third-order valence-corrected chi connectivity index (χ3v) is 0. The van der Waals surface area contributed by atoms with Crippen molar-refractivity contribution in [2.45, 2.75) is 0 Å². The van der Waals surface area contributed by atoms with Crippen LogP contribution in [0.25, 0.3) is 0 Å². The average molecular weight is 182 g/mol. The van der Waals surface area contributed by atoms with Crippen molar-refractivity contribution in [3.05, 3.63) is 0 Å². The van der Waals surface area contributed by atoms with Crippen LogP contribution in [0.1, 0.15) is 0 Å². The third-order valence-electron chi connectivity index (χ3n) is 0. The van der Waals surface area contributed by atoms with E-state index in [2.05, 4.69) is 0 Å². The van der Waals surface area contributed by atoms with E-state index in [9.17, 15) is 0 Å². The number of rotatable bonds is 0. The first-order valence-electron chi connectivity index (χ1n) is 0. The second-order valence-corrected chi connectivity index (χ2v) is 0. The summed E-state index contributed by atoms with van der Waals surface area (Å²) in [6, 6.07) is 0. The molecule has 0 radical (unpaired) electrons. The summed E-state index contributed by atoms with van der Waals surface area (Å²) in [5, 5.41) is 0. The molecule has 0 amide bonds. The van der Waals surface area contributed by atoms with Crippen LogP contribution in [0.3, 0.4) is 0 Å². The molecule has 0 unspecified atom stereocenters. The van der Waals surface area contributed by atoms with E-state index in [-0.39, 0.29) is 105 Å². The van der Waals surface area contributed by atoms with Gasteiger partial charge in [0.05, 0.1) is 0 Å². The Morgan fingerprint density at radius 3 is 1.00 bits per heavy atom. The van der Waals surface area contributed by atoms with Crippen LogP contribution in [0.5, 0.6) is 0 Å². The van der Waals surface area contributed by atoms with Crippen molar-refractivity contribution in [1.29, 1.82) is 0 Å². The molecule has 0 aliphatic carbocycles. The summed E-state index contributed by atoms with van der Waals surface area (Å²) in [4.78, 5) is 0. The zero-order valence-electron chi connectivity index (χ0n) is 0.408. The Balaban J connectivity index is 0. The molecular formula is H8AlCaFSr. The van der Waals surface area contributed by atoms with Crippen LogP contribution in [0, 0.1) is 0 Å². The number of halogens is 1. The standard InChI is InChI=1S/Al.Ca.FH.Sr.7H/h;;1H;;;;;;;;. The van der Waals surface area contributed by atoms with Gasteiger partial charge in [-0.05, 0) is 0 Å². The Labute approximate surface area is 102 Å². The van der Waals surface area contributed by atoms with Gasteiger partial charge >= 0.3 is 83.2 Å². The molecule has 0 bridgehead atoms. The Kier molecular flexibility index (Phi) is 111. The van der Waals surface area contributed by atoms with Gasteiger partial charge in [0.1, 0.15) is 0 Å². The molecule has 0 aliphatic heterocycles. The fourth-order valence-corrected chi connectivity index (χ4v) is 0. The molecule has 0 saturated carbocycles. The first kappa shape index (κ1) is 27.0. The van der Waals surface area contributed by atoms with Crippen molar-refractivity contribution in [1.82, 2.24) is 0 Å². The van der Waals surface area contributed by atoms with Crippen LogP contribution in [-0.2, 0) is 0 Å². The van der Waals surface area contributed by atoms with Crippen LogP contribution in [0.4, 0.5) is 4.70 Å². The molecule has 0 aromatic rings. The maximum atomic E-state index is 0. The van der Waals surface area contributed by atoms with Crippen molar-refractivity contribution in [3.8, 4) is 0 Å². The Morgan fingerprint density at radius 1 is 1.00 bits per heavy atom. The third kappa shape index (κ3) is 8.96. The van der Waals surface area contributed by atoms with Gasteiger partial charge in [0.25, 0.3) is 0 Å². The van der Waals surface area contributed by atoms with E-state index in [1.807, 2.05) is 0 Å². The number of hydrogen-bond donors (Lipinski definition) is 0. The molecule has 22 valence electrons. The topological polar surface area (TPSA) is 0 Å². The molecule has 4 heteroatoms. The van der Waals surface area contributed by atoms with Crippen molar-refractivity contribution in [3.63, 3.8) is 0 Å². The summed E-state index contributed by atoms with van der Waals surface area (Å²) in [6.07, 6.45) is 0. The molecule has 0 N–H and O–H groups in total. The average Bonchev–Trinajstić information content (AvgIpc) is 0. The molecule has 0 spiro atoms. The van der Waals surface area contributed by atoms with Gasteiger partial charge in [0.15, 0.2) is 17.4 Å². The summed E-state index contributed by atoms with van der Waals surface area (Å²) in [7, 11) is 0. The van der Waals surface area contributed by atoms with E-state index >= 15 is 0 Å². The van der Waals surface area contributed by atoms with Crippen LogP contribution < -0.4 is 0 Å². The molecule has 0 aromatic heterocycles. The molecule has 0 fully saturated rings. The van der Waals surface area contributed by atoms with E-state index in [0.29, 0.717) is 0 Å². The molecule has 0 rings (SSSR count). The van der Waals surface area contributed by atoms with Gasteiger partial charge in [0.2, 0.25) is 0 Å². The van der Waals surface area contributed by atoms with Gasteiger partial charge in [-0.3, -0.25) is 4.70 Å². The Bertz CT molecular complexity index is 8.00. The van der Waals surface area contributed by atoms with Gasteiger partial charge in [-0.25, -0.2) is 0 Å². The second-order valence-electron chi connectivity index (χ2n) is 0. The summed E-state index contributed by atoms with van der Waals surface area (Å²) in [5.41, 5.74) is 0. The summed E-state index contributed by atoms with van der Waals surface area (Å²) in [6.45, 7) is 0. The minimum atomic E-state index is 0. The molecule has 0 aromatic carbocycles. The normalized spacial score (nSPS) is 0. The van der Waals surface area contributed by atoms with Gasteiger partial charge in [0, 0.05) is 0 Å². The van der Waals surface area contributed by atoms with Gasteiger partial charge in [-0.15, -0.1) is 0 Å². The molecule has 0 aliphatic rings. The predicted octanol–water partition coefficient (Wildman–Crippen LogP) is -2.86. The predicted molar refractivity (Wildman–Crippen MR) is 29.5 cm³/mol. The maximum absolute atomic E-state index is 0. The van der Waals surface area contributed by atoms with Crippen LogP contribution in [0.15, 0.2) is 0 Å². The zero-order valence-corrected chi connectivity index (χ0v) is 0.408. The van der Waals surface area contributed by atoms with Crippen molar-refractivity contribution >= 4 is 101 Å². The quantitative estimate of drug-likeness (QED) is 0.353. The van der Waals surface area contributed by atoms with Gasteiger partial charge < -0.3 is 0 Å². The number of hydrogen-bond acceptors (Lipinski definition) is 0. The van der Waals surface area contributed by atoms with E-state index in [1.165, 1.54) is 0 Å². The molecule has 0 saturated heterocycles. The Hall–Kier alpha value is 3.20. The van der Waals surface area contributed by atoms with Crippen molar-refractivity contribution in [2.75, 3.05) is 0 Å². The fraction of sp³-hybridized carbons (Fsp3) is 0. The van der Waals surface area contributed by atoms with E-state index in [1.54, 1.807) is 0 Å². The van der Waals surface area contributed by atoms with Gasteiger partial charge in [-0.2, -0.15) is 0 Å². The zero-order chi connectivity index (χ0) is 0. The van der Waals surface area contributed by atoms with Crippen LogP contribution >= 0.6 is 0 Å². The SMILES string of the molecule is F.[AlH3].[CaH2].[SrH2]. The Morgan fingerprint density at radius 2 is 1.00 bits per heavy atom. The first-order valence-corrected chi connectivity index (χ1v) is 0. The molecular weight excluding hydrogens is 174 g/mol. The summed E-state index contributed by atoms with van der Waals surface area (Å²) in [5.74, 6) is 0. The first-order chi connectivity index (χ1) is 0. The second kappa shape index (κ2) is 16.4. The fourth-order valence-electron chi connectivity index (χ4n) is 0. The summed E-state index contributed by atoms with van der Waals surface area (Å²) >= 11 is 0. The van der Waals surface area contributed by atoms with Crippen molar-refractivity contribution < 1.29 is 4.70 Å². The monoisotopic (exact) mass is 182 g/mol. The van der Waals surface area contributed by atoms with Crippen molar-refractivity contribution in [2.24, 2.45) is 0 Å². The van der Waals surface area contributed by atoms with Gasteiger partial charge in [-0.1, -0.05) is 0 Å². The molecule has 0 nitrogen and oxygen atoms in total. The minimum absolute atomic E-state index is 0. The molecule has 0 heterocycles. The van der Waals surface area contributed by atoms with Crippen LogP contribution in [0.2, 0.25) is 0 Å². The molecule has 4 heavy (non-hydrogen) atoms. The van der Waals surface area contributed by atoms with Crippen LogP contribution in [-0.4, -0.2) is 101 Å².